The smallest absolute Gasteiger partial charge is 0.128 e. The summed E-state index contributed by atoms with van der Waals surface area (Å²) in [5, 5.41) is 0. The van der Waals surface area contributed by atoms with Crippen LogP contribution in [0.5, 0.6) is 0 Å². The lowest BCUT2D eigenvalue weighted by molar-refractivity contribution is 0.618. The predicted molar refractivity (Wildman–Crippen MR) is 69.5 cm³/mol. The molecule has 0 fully saturated rings. The van der Waals surface area contributed by atoms with Gasteiger partial charge in [-0.1, -0.05) is 0 Å². The molecule has 1 heterocycles. The van der Waals surface area contributed by atoms with Gasteiger partial charge in [0.2, 0.25) is 0 Å². The third-order valence-electron chi connectivity index (χ3n) is 2.76. The van der Waals surface area contributed by atoms with E-state index in [1.807, 2.05) is 6.07 Å². The van der Waals surface area contributed by atoms with Crippen molar-refractivity contribution in [1.82, 2.24) is 9.97 Å². The van der Waals surface area contributed by atoms with Gasteiger partial charge >= 0.3 is 0 Å². The summed E-state index contributed by atoms with van der Waals surface area (Å²) >= 11 is 0. The molecule has 1 aromatic heterocycles. The van der Waals surface area contributed by atoms with Crippen LogP contribution in [0.15, 0.2) is 30.5 Å². The number of hydrogen-bond donors (Lipinski definition) is 1. The van der Waals surface area contributed by atoms with Crippen LogP contribution in [-0.4, -0.2) is 16.5 Å². The fourth-order valence-corrected chi connectivity index (χ4v) is 1.74. The Bertz CT molecular complexity index is 540. The van der Waals surface area contributed by atoms with Crippen molar-refractivity contribution in [2.75, 3.05) is 6.54 Å². The Morgan fingerprint density at radius 3 is 2.83 bits per heavy atom. The number of aromatic nitrogens is 2. The lowest BCUT2D eigenvalue weighted by atomic mass is 10.1. The Morgan fingerprint density at radius 2 is 2.11 bits per heavy atom. The van der Waals surface area contributed by atoms with Gasteiger partial charge in [0, 0.05) is 18.2 Å². The first-order valence-corrected chi connectivity index (χ1v) is 5.99. The van der Waals surface area contributed by atoms with Gasteiger partial charge in [0.15, 0.2) is 0 Å². The van der Waals surface area contributed by atoms with Crippen molar-refractivity contribution >= 4 is 0 Å². The highest BCUT2D eigenvalue weighted by molar-refractivity contribution is 5.59. The SMILES string of the molecule is Cc1cc(-c2ccnc(CCCN)n2)ccc1F. The molecule has 1 aromatic carbocycles. The fourth-order valence-electron chi connectivity index (χ4n) is 1.74. The van der Waals surface area contributed by atoms with Crippen LogP contribution >= 0.6 is 0 Å². The maximum Gasteiger partial charge on any atom is 0.128 e. The van der Waals surface area contributed by atoms with Crippen LogP contribution in [0.2, 0.25) is 0 Å². The second-order valence-corrected chi connectivity index (χ2v) is 4.21. The molecule has 18 heavy (non-hydrogen) atoms. The van der Waals surface area contributed by atoms with Crippen LogP contribution in [0, 0.1) is 12.7 Å². The molecule has 0 saturated carbocycles. The number of hydrogen-bond acceptors (Lipinski definition) is 3. The van der Waals surface area contributed by atoms with Crippen LogP contribution in [0.4, 0.5) is 4.39 Å². The lowest BCUT2D eigenvalue weighted by Gasteiger charge is -2.05. The Labute approximate surface area is 106 Å². The fraction of sp³-hybridized carbons (Fsp3) is 0.286. The van der Waals surface area contributed by atoms with Crippen LogP contribution in [-0.2, 0) is 6.42 Å². The summed E-state index contributed by atoms with van der Waals surface area (Å²) in [6.45, 7) is 2.37. The molecule has 0 aliphatic carbocycles. The highest BCUT2D eigenvalue weighted by atomic mass is 19.1. The second-order valence-electron chi connectivity index (χ2n) is 4.21. The van der Waals surface area contributed by atoms with Gasteiger partial charge < -0.3 is 5.73 Å². The average molecular weight is 245 g/mol. The molecule has 94 valence electrons. The first kappa shape index (κ1) is 12.6. The Kier molecular flexibility index (Phi) is 3.99. The van der Waals surface area contributed by atoms with Crippen molar-refractivity contribution in [3.05, 3.63) is 47.7 Å². The van der Waals surface area contributed by atoms with Crippen molar-refractivity contribution in [2.24, 2.45) is 5.73 Å². The van der Waals surface area contributed by atoms with Gasteiger partial charge in [0.25, 0.3) is 0 Å². The third-order valence-corrected chi connectivity index (χ3v) is 2.76. The van der Waals surface area contributed by atoms with E-state index in [0.29, 0.717) is 12.1 Å². The normalized spacial score (nSPS) is 10.6. The average Bonchev–Trinajstić information content (AvgIpc) is 2.40. The second kappa shape index (κ2) is 5.69. The summed E-state index contributed by atoms with van der Waals surface area (Å²) < 4.78 is 13.2. The van der Waals surface area contributed by atoms with E-state index in [4.69, 9.17) is 5.73 Å². The highest BCUT2D eigenvalue weighted by Crippen LogP contribution is 2.19. The van der Waals surface area contributed by atoms with E-state index in [2.05, 4.69) is 9.97 Å². The van der Waals surface area contributed by atoms with E-state index >= 15 is 0 Å². The molecular formula is C14H16FN3. The Balaban J connectivity index is 2.29. The maximum absolute atomic E-state index is 13.2. The van der Waals surface area contributed by atoms with Crippen molar-refractivity contribution in [3.63, 3.8) is 0 Å². The Hall–Kier alpha value is -1.81. The summed E-state index contributed by atoms with van der Waals surface area (Å²) in [6, 6.07) is 6.83. The van der Waals surface area contributed by atoms with Crippen LogP contribution in [0.1, 0.15) is 17.8 Å². The minimum atomic E-state index is -0.198. The molecule has 0 aliphatic rings. The molecule has 0 radical (unpaired) electrons. The van der Waals surface area contributed by atoms with Crippen molar-refractivity contribution in [1.29, 1.82) is 0 Å². The van der Waals surface area contributed by atoms with Gasteiger partial charge in [-0.2, -0.15) is 0 Å². The van der Waals surface area contributed by atoms with Gasteiger partial charge in [0.1, 0.15) is 11.6 Å². The van der Waals surface area contributed by atoms with Gasteiger partial charge in [-0.05, 0) is 49.7 Å². The topological polar surface area (TPSA) is 51.8 Å². The molecule has 2 rings (SSSR count). The van der Waals surface area contributed by atoms with Crippen molar-refractivity contribution in [2.45, 2.75) is 19.8 Å². The number of aryl methyl sites for hydroxylation is 2. The monoisotopic (exact) mass is 245 g/mol. The summed E-state index contributed by atoms with van der Waals surface area (Å²) in [5.74, 6) is 0.580. The zero-order valence-electron chi connectivity index (χ0n) is 10.4. The van der Waals surface area contributed by atoms with Gasteiger partial charge in [-0.15, -0.1) is 0 Å². The minimum absolute atomic E-state index is 0.198. The molecular weight excluding hydrogens is 229 g/mol. The zero-order chi connectivity index (χ0) is 13.0. The lowest BCUT2D eigenvalue weighted by Crippen LogP contribution is -2.03. The number of nitrogens with zero attached hydrogens (tertiary/aromatic N) is 2. The summed E-state index contributed by atoms with van der Waals surface area (Å²) in [4.78, 5) is 8.66. The van der Waals surface area contributed by atoms with Gasteiger partial charge in [-0.3, -0.25) is 0 Å². The number of halogens is 1. The van der Waals surface area contributed by atoms with Crippen LogP contribution in [0.25, 0.3) is 11.3 Å². The van der Waals surface area contributed by atoms with Crippen LogP contribution in [0.3, 0.4) is 0 Å². The van der Waals surface area contributed by atoms with E-state index < -0.39 is 0 Å². The first-order valence-electron chi connectivity index (χ1n) is 5.99. The molecule has 0 bridgehead atoms. The van der Waals surface area contributed by atoms with E-state index in [-0.39, 0.29) is 5.82 Å². The molecule has 0 saturated heterocycles. The highest BCUT2D eigenvalue weighted by Gasteiger charge is 2.04. The van der Waals surface area contributed by atoms with Crippen molar-refractivity contribution < 1.29 is 4.39 Å². The van der Waals surface area contributed by atoms with E-state index in [9.17, 15) is 4.39 Å². The van der Waals surface area contributed by atoms with E-state index in [0.717, 1.165) is 29.9 Å². The minimum Gasteiger partial charge on any atom is -0.330 e. The molecule has 0 aliphatic heterocycles. The maximum atomic E-state index is 13.2. The quantitative estimate of drug-likeness (QED) is 0.900. The van der Waals surface area contributed by atoms with Crippen molar-refractivity contribution in [3.8, 4) is 11.3 Å². The number of nitrogens with two attached hydrogens (primary N) is 1. The first-order chi connectivity index (χ1) is 8.70. The molecule has 4 heteroatoms. The molecule has 2 N–H and O–H groups in total. The number of benzene rings is 1. The molecule has 0 amide bonds. The van der Waals surface area contributed by atoms with E-state index in [1.165, 1.54) is 6.07 Å². The summed E-state index contributed by atoms with van der Waals surface area (Å²) in [6.07, 6.45) is 3.36. The molecule has 2 aromatic rings. The number of rotatable bonds is 4. The van der Waals surface area contributed by atoms with E-state index in [1.54, 1.807) is 25.3 Å². The van der Waals surface area contributed by atoms with Crippen LogP contribution < -0.4 is 5.73 Å². The third kappa shape index (κ3) is 2.90. The molecule has 3 nitrogen and oxygen atoms in total. The zero-order valence-corrected chi connectivity index (χ0v) is 10.4. The largest absolute Gasteiger partial charge is 0.330 e. The van der Waals surface area contributed by atoms with Gasteiger partial charge in [0.05, 0.1) is 5.69 Å². The summed E-state index contributed by atoms with van der Waals surface area (Å²) in [7, 11) is 0. The summed E-state index contributed by atoms with van der Waals surface area (Å²) in [5.41, 5.74) is 7.81. The Morgan fingerprint density at radius 1 is 1.28 bits per heavy atom. The standard InChI is InChI=1S/C14H16FN3/c1-10-9-11(4-5-12(10)15)13-6-8-17-14(18-13)3-2-7-16/h4-6,8-9H,2-3,7,16H2,1H3. The molecule has 0 spiro atoms. The molecule has 0 atom stereocenters. The molecule has 0 unspecified atom stereocenters. The predicted octanol–water partition coefficient (Wildman–Crippen LogP) is 2.48. The van der Waals surface area contributed by atoms with Gasteiger partial charge in [-0.25, -0.2) is 14.4 Å².